The topological polar surface area (TPSA) is 54.5 Å². The molecule has 7 heteroatoms. The van der Waals surface area contributed by atoms with Crippen LogP contribution in [0, 0.1) is 5.92 Å². The monoisotopic (exact) mass is 361 g/mol. The molecule has 0 aromatic heterocycles. The summed E-state index contributed by atoms with van der Waals surface area (Å²) in [5, 5.41) is 0. The lowest BCUT2D eigenvalue weighted by atomic mass is 9.94. The number of urea groups is 1. The Morgan fingerprint density at radius 2 is 2.08 bits per heavy atom. The molecule has 0 unspecified atom stereocenters. The van der Waals surface area contributed by atoms with Crippen LogP contribution in [0.5, 0.6) is 17.2 Å². The minimum atomic E-state index is 0.119. The van der Waals surface area contributed by atoms with Gasteiger partial charge in [-0.25, -0.2) is 4.79 Å². The van der Waals surface area contributed by atoms with Gasteiger partial charge in [-0.2, -0.15) is 0 Å². The maximum Gasteiger partial charge on any atom is 0.319 e. The molecule has 142 valence electrons. The first-order valence-electron chi connectivity index (χ1n) is 9.22. The Bertz CT molecular complexity index is 694. The van der Waals surface area contributed by atoms with Crippen molar-refractivity contribution < 1.29 is 19.0 Å². The van der Waals surface area contributed by atoms with Crippen molar-refractivity contribution in [3.63, 3.8) is 0 Å². The van der Waals surface area contributed by atoms with E-state index in [9.17, 15) is 4.79 Å². The summed E-state index contributed by atoms with van der Waals surface area (Å²) in [5.74, 6) is 2.70. The summed E-state index contributed by atoms with van der Waals surface area (Å²) < 4.78 is 16.5. The van der Waals surface area contributed by atoms with Gasteiger partial charge in [0.25, 0.3) is 0 Å². The second-order valence-electron chi connectivity index (χ2n) is 7.64. The van der Waals surface area contributed by atoms with Crippen LogP contribution in [0.3, 0.4) is 0 Å². The first-order valence-corrected chi connectivity index (χ1v) is 9.22. The van der Waals surface area contributed by atoms with E-state index >= 15 is 0 Å². The lowest BCUT2D eigenvalue weighted by Crippen LogP contribution is -2.45. The van der Waals surface area contributed by atoms with Crippen LogP contribution in [-0.4, -0.2) is 74.4 Å². The van der Waals surface area contributed by atoms with Crippen molar-refractivity contribution in [1.82, 2.24) is 14.7 Å². The number of amides is 2. The maximum atomic E-state index is 12.4. The highest BCUT2D eigenvalue weighted by Crippen LogP contribution is 2.42. The molecule has 5 rings (SSSR count). The average molecular weight is 361 g/mol. The Morgan fingerprint density at radius 3 is 2.85 bits per heavy atom. The summed E-state index contributed by atoms with van der Waals surface area (Å²) >= 11 is 0. The van der Waals surface area contributed by atoms with Gasteiger partial charge in [-0.15, -0.1) is 0 Å². The molecule has 1 aromatic rings. The molecule has 0 radical (unpaired) electrons. The number of hydrogen-bond acceptors (Lipinski definition) is 5. The van der Waals surface area contributed by atoms with Gasteiger partial charge in [0.05, 0.1) is 7.11 Å². The van der Waals surface area contributed by atoms with Gasteiger partial charge in [0.15, 0.2) is 11.5 Å². The molecule has 0 aliphatic carbocycles. The molecule has 4 aliphatic rings. The zero-order valence-corrected chi connectivity index (χ0v) is 15.7. The van der Waals surface area contributed by atoms with E-state index in [0.717, 1.165) is 49.7 Å². The molecule has 4 aliphatic heterocycles. The summed E-state index contributed by atoms with van der Waals surface area (Å²) in [5.41, 5.74) is 1.16. The summed E-state index contributed by atoms with van der Waals surface area (Å²) in [6.07, 6.45) is 2.34. The quantitative estimate of drug-likeness (QED) is 0.824. The van der Waals surface area contributed by atoms with Crippen LogP contribution >= 0.6 is 0 Å². The summed E-state index contributed by atoms with van der Waals surface area (Å²) in [7, 11) is 5.30. The minimum Gasteiger partial charge on any atom is -0.493 e. The van der Waals surface area contributed by atoms with Gasteiger partial charge in [-0.1, -0.05) is 0 Å². The first kappa shape index (κ1) is 17.3. The fourth-order valence-electron chi connectivity index (χ4n) is 4.32. The Balaban J connectivity index is 1.52. The molecule has 2 atom stereocenters. The Kier molecular flexibility index (Phi) is 4.56. The van der Waals surface area contributed by atoms with Crippen molar-refractivity contribution >= 4 is 6.03 Å². The van der Waals surface area contributed by atoms with E-state index in [1.807, 2.05) is 31.1 Å². The molecule has 7 nitrogen and oxygen atoms in total. The third kappa shape index (κ3) is 3.16. The normalized spacial score (nSPS) is 24.5. The Hall–Kier alpha value is -2.15. The van der Waals surface area contributed by atoms with Gasteiger partial charge in [-0.05, 0) is 36.5 Å². The van der Waals surface area contributed by atoms with E-state index < -0.39 is 0 Å². The standard InChI is InChI=1S/C19H27N3O4/c1-20(2)19(23)22-9-13-4-5-15(11-22)21(8-13)10-14-6-16(24-3)18-17(7-14)25-12-26-18/h6-7,13,15H,4-5,8-12H2,1-3H3/t13-,15-/m1/s1. The van der Waals surface area contributed by atoms with Crippen LogP contribution in [0.15, 0.2) is 12.1 Å². The molecule has 4 heterocycles. The number of nitrogens with zero attached hydrogens (tertiary/aromatic N) is 3. The molecule has 3 fully saturated rings. The molecule has 1 aromatic carbocycles. The van der Waals surface area contributed by atoms with Crippen LogP contribution in [-0.2, 0) is 6.54 Å². The number of ether oxygens (including phenoxy) is 3. The molecular weight excluding hydrogens is 334 g/mol. The van der Waals surface area contributed by atoms with Crippen molar-refractivity contribution in [3.05, 3.63) is 17.7 Å². The van der Waals surface area contributed by atoms with Gasteiger partial charge in [0.2, 0.25) is 12.5 Å². The maximum absolute atomic E-state index is 12.4. The number of carbonyl (C=O) groups excluding carboxylic acids is 1. The summed E-state index contributed by atoms with van der Waals surface area (Å²) in [6.45, 7) is 3.76. The van der Waals surface area contributed by atoms with Crippen LogP contribution in [0.1, 0.15) is 18.4 Å². The van der Waals surface area contributed by atoms with E-state index in [4.69, 9.17) is 14.2 Å². The fraction of sp³-hybridized carbons (Fsp3) is 0.632. The summed E-state index contributed by atoms with van der Waals surface area (Å²) in [6, 6.07) is 4.60. The van der Waals surface area contributed by atoms with Gasteiger partial charge in [0.1, 0.15) is 0 Å². The molecule has 2 bridgehead atoms. The number of piperidine rings is 1. The van der Waals surface area contributed by atoms with Crippen molar-refractivity contribution in [2.45, 2.75) is 25.4 Å². The predicted molar refractivity (Wildman–Crippen MR) is 96.7 cm³/mol. The lowest BCUT2D eigenvalue weighted by molar-refractivity contribution is 0.122. The van der Waals surface area contributed by atoms with E-state index in [1.54, 1.807) is 12.0 Å². The third-order valence-corrected chi connectivity index (χ3v) is 5.58. The van der Waals surface area contributed by atoms with Crippen LogP contribution in [0.4, 0.5) is 4.79 Å². The molecule has 3 saturated heterocycles. The van der Waals surface area contributed by atoms with E-state index in [0.29, 0.717) is 17.7 Å². The second kappa shape index (κ2) is 6.87. The van der Waals surface area contributed by atoms with Gasteiger partial charge < -0.3 is 24.0 Å². The number of hydrogen-bond donors (Lipinski definition) is 0. The van der Waals surface area contributed by atoms with E-state index in [-0.39, 0.29) is 12.8 Å². The number of rotatable bonds is 3. The van der Waals surface area contributed by atoms with E-state index in [1.165, 1.54) is 6.42 Å². The van der Waals surface area contributed by atoms with Crippen LogP contribution < -0.4 is 14.2 Å². The highest BCUT2D eigenvalue weighted by atomic mass is 16.7. The van der Waals surface area contributed by atoms with Crippen molar-refractivity contribution in [1.29, 1.82) is 0 Å². The smallest absolute Gasteiger partial charge is 0.319 e. The molecule has 0 spiro atoms. The third-order valence-electron chi connectivity index (χ3n) is 5.58. The molecule has 0 saturated carbocycles. The van der Waals surface area contributed by atoms with Gasteiger partial charge in [-0.3, -0.25) is 4.90 Å². The Labute approximate surface area is 154 Å². The lowest BCUT2D eigenvalue weighted by Gasteiger charge is -2.36. The SMILES string of the molecule is COc1cc(CN2C[C@H]3CC[C@@H]2CN(C(=O)N(C)C)C3)cc2c1OCO2. The van der Waals surface area contributed by atoms with Crippen molar-refractivity contribution in [3.8, 4) is 17.2 Å². The van der Waals surface area contributed by atoms with Crippen LogP contribution in [0.2, 0.25) is 0 Å². The Morgan fingerprint density at radius 1 is 1.23 bits per heavy atom. The summed E-state index contributed by atoms with van der Waals surface area (Å²) in [4.78, 5) is 18.6. The van der Waals surface area contributed by atoms with Crippen molar-refractivity contribution in [2.24, 2.45) is 5.92 Å². The molecule has 2 amide bonds. The van der Waals surface area contributed by atoms with E-state index in [2.05, 4.69) is 4.90 Å². The number of fused-ring (bicyclic) bond motifs is 5. The molecule has 26 heavy (non-hydrogen) atoms. The number of methoxy groups -OCH3 is 1. The highest BCUT2D eigenvalue weighted by molar-refractivity contribution is 5.74. The van der Waals surface area contributed by atoms with Crippen LogP contribution in [0.25, 0.3) is 0 Å². The first-order chi connectivity index (χ1) is 12.5. The molecule has 0 N–H and O–H groups in total. The predicted octanol–water partition coefficient (Wildman–Crippen LogP) is 2.00. The fourth-order valence-corrected chi connectivity index (χ4v) is 4.32. The average Bonchev–Trinajstić information content (AvgIpc) is 2.92. The minimum absolute atomic E-state index is 0.119. The van der Waals surface area contributed by atoms with Crippen molar-refractivity contribution in [2.75, 3.05) is 47.6 Å². The largest absolute Gasteiger partial charge is 0.493 e. The molecular formula is C19H27N3O4. The zero-order chi connectivity index (χ0) is 18.3. The number of benzene rings is 1. The zero-order valence-electron chi connectivity index (χ0n) is 15.7. The van der Waals surface area contributed by atoms with Gasteiger partial charge in [0, 0.05) is 46.3 Å². The van der Waals surface area contributed by atoms with Gasteiger partial charge >= 0.3 is 6.03 Å². The number of carbonyl (C=O) groups is 1. The second-order valence-corrected chi connectivity index (χ2v) is 7.64. The highest BCUT2D eigenvalue weighted by Gasteiger charge is 2.37.